The van der Waals surface area contributed by atoms with Gasteiger partial charge in [0.05, 0.1) is 25.9 Å². The van der Waals surface area contributed by atoms with Crippen molar-refractivity contribution in [3.05, 3.63) is 41.5 Å². The second kappa shape index (κ2) is 12.9. The normalized spacial score (nSPS) is 28.0. The molecule has 0 aliphatic carbocycles. The molecule has 0 radical (unpaired) electrons. The van der Waals surface area contributed by atoms with Gasteiger partial charge < -0.3 is 46.0 Å². The number of phosphoric acid groups is 1. The van der Waals surface area contributed by atoms with Gasteiger partial charge in [-0.3, -0.25) is 28.0 Å². The minimum absolute atomic E-state index is 0.0171. The van der Waals surface area contributed by atoms with Crippen LogP contribution >= 0.6 is 16.5 Å². The van der Waals surface area contributed by atoms with E-state index in [1.165, 1.54) is 28.1 Å². The van der Waals surface area contributed by atoms with Crippen molar-refractivity contribution in [3.8, 4) is 0 Å². The van der Waals surface area contributed by atoms with Gasteiger partial charge in [0.1, 0.15) is 42.4 Å². The van der Waals surface area contributed by atoms with Crippen LogP contribution in [0, 0.1) is 0 Å². The second-order valence-corrected chi connectivity index (χ2v) is 11.1. The maximum Gasteiger partial charge on any atom is 0.473 e. The maximum absolute atomic E-state index is 13.1. The molecule has 8 atom stereocenters. The van der Waals surface area contributed by atoms with Gasteiger partial charge in [0.25, 0.3) is 5.56 Å². The van der Waals surface area contributed by atoms with E-state index in [4.69, 9.17) is 39.4 Å². The third-order valence-electron chi connectivity index (χ3n) is 6.88. The number of hydrogen-bond donors (Lipinski definition) is 8. The van der Waals surface area contributed by atoms with Crippen molar-refractivity contribution in [2.75, 3.05) is 24.7 Å². The smallest absolute Gasteiger partial charge is 0.393 e. The van der Waals surface area contributed by atoms with Crippen LogP contribution in [0.2, 0.25) is 0 Å². The van der Waals surface area contributed by atoms with Crippen LogP contribution in [-0.4, -0.2) is 108 Å². The lowest BCUT2D eigenvalue weighted by atomic mass is 10.1. The summed E-state index contributed by atoms with van der Waals surface area (Å²) in [7, 11) is -5.79. The Bertz CT molecular complexity index is 1830. The number of imidazole rings is 2. The summed E-state index contributed by atoms with van der Waals surface area (Å²) in [6.45, 7) is 2.57. The minimum atomic E-state index is -4.96. The van der Waals surface area contributed by atoms with Gasteiger partial charge >= 0.3 is 16.5 Å². The molecular formula is C21H26N10O12P2. The number of fused-ring (bicyclic) bond motifs is 2. The number of hydrogen-bond acceptors (Lipinski definition) is 17. The van der Waals surface area contributed by atoms with Crippen LogP contribution in [0.5, 0.6) is 0 Å². The van der Waals surface area contributed by atoms with Crippen LogP contribution in [-0.2, 0) is 27.7 Å². The number of phosphoric ester groups is 1. The molecule has 0 bridgehead atoms. The van der Waals surface area contributed by atoms with Crippen molar-refractivity contribution in [2.45, 2.75) is 43.0 Å². The molecule has 0 saturated carbocycles. The molecular weight excluding hydrogens is 646 g/mol. The van der Waals surface area contributed by atoms with Crippen molar-refractivity contribution in [1.29, 1.82) is 0 Å². The van der Waals surface area contributed by atoms with Crippen molar-refractivity contribution in [3.63, 3.8) is 0 Å². The molecule has 2 saturated heterocycles. The predicted molar refractivity (Wildman–Crippen MR) is 149 cm³/mol. The van der Waals surface area contributed by atoms with Gasteiger partial charge in [0.2, 0.25) is 5.95 Å². The molecule has 0 spiro atoms. The predicted octanol–water partition coefficient (Wildman–Crippen LogP) is -2.12. The lowest BCUT2D eigenvalue weighted by molar-refractivity contribution is -0.0615. The zero-order valence-corrected chi connectivity index (χ0v) is 24.5. The second-order valence-electron chi connectivity index (χ2n) is 9.55. The van der Waals surface area contributed by atoms with Gasteiger partial charge in [-0.25, -0.2) is 29.1 Å². The van der Waals surface area contributed by atoms with Crippen LogP contribution in [0.15, 0.2) is 35.9 Å². The summed E-state index contributed by atoms with van der Waals surface area (Å²) in [5.74, 6) is -0.118. The molecule has 6 heterocycles. The number of H-pyrrole nitrogens is 1. The number of nitrogens with two attached hydrogens (primary N) is 2. The summed E-state index contributed by atoms with van der Waals surface area (Å²) in [6.07, 6.45) is -5.53. The highest BCUT2D eigenvalue weighted by atomic mass is 31.2. The molecule has 4 aromatic heterocycles. The van der Waals surface area contributed by atoms with Crippen molar-refractivity contribution < 1.29 is 52.8 Å². The monoisotopic (exact) mass is 672 g/mol. The Morgan fingerprint density at radius 3 is 2.42 bits per heavy atom. The molecule has 10 N–H and O–H groups in total. The van der Waals surface area contributed by atoms with E-state index in [9.17, 15) is 29.6 Å². The first-order valence-corrected chi connectivity index (χ1v) is 14.9. The lowest BCUT2D eigenvalue weighted by Crippen LogP contribution is -2.33. The zero-order valence-electron chi connectivity index (χ0n) is 22.7. The first kappa shape index (κ1) is 32.6. The van der Waals surface area contributed by atoms with Gasteiger partial charge in [-0.1, -0.05) is 6.58 Å². The van der Waals surface area contributed by atoms with Gasteiger partial charge in [-0.15, -0.1) is 0 Å². The number of nitrogen functional groups attached to an aromatic ring is 2. The lowest BCUT2D eigenvalue weighted by Gasteiger charge is -2.24. The molecule has 1 unspecified atom stereocenters. The molecule has 6 rings (SSSR count). The minimum Gasteiger partial charge on any atom is -0.393 e. The Balaban J connectivity index is 0.00000128. The van der Waals surface area contributed by atoms with Gasteiger partial charge in [0.15, 0.2) is 35.1 Å². The zero-order chi connectivity index (χ0) is 32.6. The molecule has 0 aromatic carbocycles. The van der Waals surface area contributed by atoms with Gasteiger partial charge in [-0.2, -0.15) is 4.98 Å². The molecule has 0 amide bonds. The number of aromatic amines is 1. The fourth-order valence-electron chi connectivity index (χ4n) is 4.81. The highest BCUT2D eigenvalue weighted by molar-refractivity contribution is 7.47. The molecule has 45 heavy (non-hydrogen) atoms. The number of aromatic nitrogens is 8. The average molecular weight is 672 g/mol. The summed E-state index contributed by atoms with van der Waals surface area (Å²) in [5.41, 5.74) is 11.3. The summed E-state index contributed by atoms with van der Waals surface area (Å²) >= 11 is 0. The molecule has 2 fully saturated rings. The molecule has 22 nitrogen and oxygen atoms in total. The maximum atomic E-state index is 13.1. The largest absolute Gasteiger partial charge is 0.473 e. The van der Waals surface area contributed by atoms with E-state index in [-0.39, 0.29) is 39.7 Å². The number of aliphatic hydroxyl groups is 3. The quantitative estimate of drug-likeness (QED) is 0.0732. The van der Waals surface area contributed by atoms with Crippen molar-refractivity contribution >= 4 is 50.6 Å². The molecule has 242 valence electrons. The fourth-order valence-corrected chi connectivity index (χ4v) is 5.73. The Kier molecular flexibility index (Phi) is 9.35. The third-order valence-corrected chi connectivity index (χ3v) is 7.85. The average Bonchev–Trinajstić information content (AvgIpc) is 3.74. The van der Waals surface area contributed by atoms with Crippen molar-refractivity contribution in [2.24, 2.45) is 0 Å². The number of rotatable bonds is 8. The number of ether oxygens (including phenoxy) is 2. The first-order chi connectivity index (χ1) is 21.4. The van der Waals surface area contributed by atoms with Gasteiger partial charge in [0, 0.05) is 0 Å². The van der Waals surface area contributed by atoms with E-state index >= 15 is 0 Å². The first-order valence-electron chi connectivity index (χ1n) is 12.6. The van der Waals surface area contributed by atoms with Crippen LogP contribution in [0.3, 0.4) is 0 Å². The number of anilines is 2. The molecule has 2 aliphatic rings. The molecule has 24 heteroatoms. The Morgan fingerprint density at radius 2 is 1.73 bits per heavy atom. The van der Waals surface area contributed by atoms with Gasteiger partial charge in [-0.05, 0) is 5.57 Å². The van der Waals surface area contributed by atoms with E-state index in [1.807, 2.05) is 0 Å². The summed E-state index contributed by atoms with van der Waals surface area (Å²) in [5, 5.41) is 31.0. The van der Waals surface area contributed by atoms with Crippen molar-refractivity contribution in [1.82, 2.24) is 39.0 Å². The SMILES string of the molecule is C=C1[C@@H](OP(=O)(O)OC[C@H]2O[C@@H](n3cnc4c(N)ncnc43)[C@H](O)[C@@H]2O)[C@H](n2cnc3c(=O)[nH]c(N)nc32)O[C@@H]1CO.O=PO. The van der Waals surface area contributed by atoms with E-state index < -0.39 is 78.3 Å². The van der Waals surface area contributed by atoms with Crippen LogP contribution < -0.4 is 17.0 Å². The van der Waals surface area contributed by atoms with E-state index in [0.29, 0.717) is 0 Å². The fraction of sp³-hybridized carbons (Fsp3) is 0.429. The van der Waals surface area contributed by atoms with E-state index in [0.717, 1.165) is 0 Å². The van der Waals surface area contributed by atoms with E-state index in [2.05, 4.69) is 36.5 Å². The number of nitrogens with zero attached hydrogens (tertiary/aromatic N) is 7. The van der Waals surface area contributed by atoms with Crippen LogP contribution in [0.25, 0.3) is 22.3 Å². The van der Waals surface area contributed by atoms with Crippen LogP contribution in [0.4, 0.5) is 11.8 Å². The third kappa shape index (κ3) is 6.21. The summed E-state index contributed by atoms with van der Waals surface area (Å²) in [4.78, 5) is 52.1. The number of nitrogens with one attached hydrogen (secondary N) is 1. The highest BCUT2D eigenvalue weighted by Crippen LogP contribution is 2.51. The Morgan fingerprint density at radius 1 is 1.07 bits per heavy atom. The van der Waals surface area contributed by atoms with Crippen LogP contribution in [0.1, 0.15) is 12.5 Å². The topological polar surface area (TPSA) is 331 Å². The summed E-state index contributed by atoms with van der Waals surface area (Å²) < 4.78 is 46.1. The molecule has 2 aliphatic heterocycles. The number of aliphatic hydroxyl groups excluding tert-OH is 3. The standard InChI is InChI=1S/C21H25N10O10P.HO2P/c1-7-8(2-32)39-20(31-6-27-11-17(31)28-21(23)29-18(11)35)14(7)41-42(36,37)38-3-9-12(33)13(34)19(40-9)30-5-26-10-15(22)24-4-25-16(10)30;1-3-2/h4-6,8-9,12-14,19-20,32-34H,1-3H2,(H,36,37)(H2,22,24,25)(H3,23,28,29,35);(H,1,2)/t8-,9-,12-,13-,14-,19-,20-;/m1./s1. The summed E-state index contributed by atoms with van der Waals surface area (Å²) in [6, 6.07) is 0. The Hall–Kier alpha value is -3.79. The highest BCUT2D eigenvalue weighted by Gasteiger charge is 2.48. The molecule has 4 aromatic rings. The van der Waals surface area contributed by atoms with E-state index in [1.54, 1.807) is 0 Å². The Labute approximate surface area is 251 Å².